The van der Waals surface area contributed by atoms with E-state index in [0.29, 0.717) is 22.8 Å². The number of amides is 1. The van der Waals surface area contributed by atoms with Gasteiger partial charge in [0.05, 0.1) is 5.69 Å². The van der Waals surface area contributed by atoms with Crippen LogP contribution in [0.25, 0.3) is 10.9 Å². The van der Waals surface area contributed by atoms with Crippen LogP contribution in [0, 0.1) is 0 Å². The topological polar surface area (TPSA) is 74.8 Å². The Bertz CT molecular complexity index is 880. The van der Waals surface area contributed by atoms with Crippen molar-refractivity contribution in [2.75, 3.05) is 5.32 Å². The van der Waals surface area contributed by atoms with Gasteiger partial charge in [0.15, 0.2) is 10.9 Å². The predicted molar refractivity (Wildman–Crippen MR) is 85.6 cm³/mol. The van der Waals surface area contributed by atoms with E-state index < -0.39 is 0 Å². The summed E-state index contributed by atoms with van der Waals surface area (Å²) >= 11 is 1.38. The van der Waals surface area contributed by atoms with E-state index >= 15 is 0 Å². The number of rotatable bonds is 2. The summed E-state index contributed by atoms with van der Waals surface area (Å²) in [4.78, 5) is 31.5. The summed E-state index contributed by atoms with van der Waals surface area (Å²) < 4.78 is 0. The van der Waals surface area contributed by atoms with E-state index in [0.717, 1.165) is 29.3 Å². The van der Waals surface area contributed by atoms with Gasteiger partial charge in [0, 0.05) is 34.5 Å². The summed E-state index contributed by atoms with van der Waals surface area (Å²) in [5, 5.41) is 6.14. The molecule has 0 atom stereocenters. The van der Waals surface area contributed by atoms with Gasteiger partial charge in [0.2, 0.25) is 0 Å². The number of aryl methyl sites for hydroxylation is 1. The third-order valence-corrected chi connectivity index (χ3v) is 4.62. The number of H-pyrrole nitrogens is 1. The van der Waals surface area contributed by atoms with E-state index in [4.69, 9.17) is 0 Å². The molecule has 0 saturated heterocycles. The minimum atomic E-state index is -0.186. The molecule has 0 radical (unpaired) electrons. The normalized spacial score (nSPS) is 14.1. The van der Waals surface area contributed by atoms with Crippen LogP contribution in [0.2, 0.25) is 0 Å². The fourth-order valence-electron chi connectivity index (χ4n) is 2.89. The molecule has 0 aliphatic heterocycles. The first-order valence-electron chi connectivity index (χ1n) is 7.11. The highest BCUT2D eigenvalue weighted by molar-refractivity contribution is 7.13. The summed E-state index contributed by atoms with van der Waals surface area (Å²) in [5.41, 5.74) is 3.22. The molecule has 1 aliphatic carbocycles. The minimum absolute atomic E-state index is 0.159. The Hall–Kier alpha value is -2.47. The lowest BCUT2D eigenvalue weighted by Gasteiger charge is -2.09. The van der Waals surface area contributed by atoms with Gasteiger partial charge in [-0.3, -0.25) is 14.9 Å². The van der Waals surface area contributed by atoms with E-state index in [1.54, 1.807) is 12.3 Å². The van der Waals surface area contributed by atoms with E-state index in [2.05, 4.69) is 15.3 Å². The summed E-state index contributed by atoms with van der Waals surface area (Å²) in [6, 6.07) is 5.47. The molecule has 4 rings (SSSR count). The molecule has 1 aromatic carbocycles. The number of nitrogens with one attached hydrogen (secondary N) is 2. The highest BCUT2D eigenvalue weighted by atomic mass is 32.1. The number of benzene rings is 1. The van der Waals surface area contributed by atoms with Crippen LogP contribution >= 0.6 is 11.3 Å². The van der Waals surface area contributed by atoms with E-state index in [-0.39, 0.29) is 11.7 Å². The first-order chi connectivity index (χ1) is 10.7. The zero-order valence-electron chi connectivity index (χ0n) is 11.7. The second kappa shape index (κ2) is 5.06. The van der Waals surface area contributed by atoms with Crippen LogP contribution in [-0.4, -0.2) is 21.7 Å². The van der Waals surface area contributed by atoms with Gasteiger partial charge in [0.25, 0.3) is 5.91 Å². The highest BCUT2D eigenvalue weighted by Crippen LogP contribution is 2.30. The first kappa shape index (κ1) is 13.2. The maximum atomic E-state index is 12.3. The van der Waals surface area contributed by atoms with Crippen molar-refractivity contribution in [1.29, 1.82) is 0 Å². The number of ketones is 1. The van der Waals surface area contributed by atoms with Gasteiger partial charge in [-0.1, -0.05) is 0 Å². The van der Waals surface area contributed by atoms with Crippen molar-refractivity contribution in [2.45, 2.75) is 19.3 Å². The molecular formula is C16H13N3O2S. The zero-order valence-corrected chi connectivity index (χ0v) is 12.5. The molecule has 2 N–H and O–H groups in total. The summed E-state index contributed by atoms with van der Waals surface area (Å²) in [6.07, 6.45) is 3.99. The van der Waals surface area contributed by atoms with Crippen molar-refractivity contribution in [2.24, 2.45) is 0 Å². The van der Waals surface area contributed by atoms with E-state index in [1.165, 1.54) is 11.3 Å². The van der Waals surface area contributed by atoms with Crippen molar-refractivity contribution < 1.29 is 9.59 Å². The minimum Gasteiger partial charge on any atom is -0.352 e. The Labute approximate surface area is 130 Å². The van der Waals surface area contributed by atoms with Crippen LogP contribution < -0.4 is 5.32 Å². The van der Waals surface area contributed by atoms with Crippen molar-refractivity contribution in [3.8, 4) is 0 Å². The number of hydrogen-bond acceptors (Lipinski definition) is 4. The number of carbonyl (C=O) groups excluding carboxylic acids is 2. The molecule has 5 nitrogen and oxygen atoms in total. The van der Waals surface area contributed by atoms with Gasteiger partial charge < -0.3 is 4.98 Å². The van der Waals surface area contributed by atoms with Gasteiger partial charge in [-0.2, -0.15) is 0 Å². The Morgan fingerprint density at radius 2 is 2.23 bits per heavy atom. The molecule has 0 spiro atoms. The zero-order chi connectivity index (χ0) is 15.1. The summed E-state index contributed by atoms with van der Waals surface area (Å²) in [7, 11) is 0. The summed E-state index contributed by atoms with van der Waals surface area (Å²) in [6.45, 7) is 0. The molecule has 2 aromatic heterocycles. The largest absolute Gasteiger partial charge is 0.352 e. The van der Waals surface area contributed by atoms with Crippen LogP contribution in [0.3, 0.4) is 0 Å². The Morgan fingerprint density at radius 3 is 3.05 bits per heavy atom. The number of nitrogens with zero attached hydrogens (tertiary/aromatic N) is 1. The number of aromatic nitrogens is 2. The Balaban J connectivity index is 1.74. The second-order valence-corrected chi connectivity index (χ2v) is 6.20. The van der Waals surface area contributed by atoms with Crippen molar-refractivity contribution >= 4 is 39.1 Å². The molecule has 110 valence electrons. The average Bonchev–Trinajstić information content (AvgIpc) is 3.15. The number of Topliss-reactive ketones (excluding diaryl/α,β-unsaturated/α-hetero) is 1. The number of hydrogen-bond donors (Lipinski definition) is 2. The lowest BCUT2D eigenvalue weighted by atomic mass is 9.94. The van der Waals surface area contributed by atoms with Gasteiger partial charge in [-0.05, 0) is 36.6 Å². The quantitative estimate of drug-likeness (QED) is 0.761. The molecule has 22 heavy (non-hydrogen) atoms. The van der Waals surface area contributed by atoms with Crippen LogP contribution in [0.4, 0.5) is 5.13 Å². The number of carbonyl (C=O) groups is 2. The van der Waals surface area contributed by atoms with E-state index in [1.807, 2.05) is 17.5 Å². The second-order valence-electron chi connectivity index (χ2n) is 5.31. The first-order valence-corrected chi connectivity index (χ1v) is 7.99. The fraction of sp³-hybridized carbons (Fsp3) is 0.188. The Kier molecular flexibility index (Phi) is 3.04. The standard InChI is InChI=1S/C16H13N3O2S/c20-13-3-1-2-10-11-8-9(4-5-12(11)18-14(10)13)15(21)19-16-17-6-7-22-16/h4-8,18H,1-3H2,(H,17,19,21). The average molecular weight is 311 g/mol. The predicted octanol–water partition coefficient (Wildman–Crippen LogP) is 3.40. The molecular weight excluding hydrogens is 298 g/mol. The molecule has 0 saturated carbocycles. The molecule has 1 aliphatic rings. The maximum Gasteiger partial charge on any atom is 0.257 e. The molecule has 0 unspecified atom stereocenters. The van der Waals surface area contributed by atoms with Crippen LogP contribution in [0.1, 0.15) is 39.3 Å². The molecule has 1 amide bonds. The van der Waals surface area contributed by atoms with Crippen molar-refractivity contribution in [3.63, 3.8) is 0 Å². The van der Waals surface area contributed by atoms with Gasteiger partial charge >= 0.3 is 0 Å². The highest BCUT2D eigenvalue weighted by Gasteiger charge is 2.22. The summed E-state index contributed by atoms with van der Waals surface area (Å²) in [5.74, 6) is -0.0276. The Morgan fingerprint density at radius 1 is 1.32 bits per heavy atom. The fourth-order valence-corrected chi connectivity index (χ4v) is 3.42. The lowest BCUT2D eigenvalue weighted by molar-refractivity contribution is 0.0967. The SMILES string of the molecule is O=C(Nc1nccs1)c1ccc2[nH]c3c(c2c1)CCCC3=O. The lowest BCUT2D eigenvalue weighted by Crippen LogP contribution is -2.11. The van der Waals surface area contributed by atoms with Gasteiger partial charge in [-0.15, -0.1) is 11.3 Å². The van der Waals surface area contributed by atoms with Gasteiger partial charge in [-0.25, -0.2) is 4.98 Å². The number of anilines is 1. The van der Waals surface area contributed by atoms with Crippen LogP contribution in [0.5, 0.6) is 0 Å². The van der Waals surface area contributed by atoms with Crippen molar-refractivity contribution in [3.05, 3.63) is 46.6 Å². The van der Waals surface area contributed by atoms with Gasteiger partial charge in [0.1, 0.15) is 0 Å². The molecule has 6 heteroatoms. The number of thiazole rings is 1. The maximum absolute atomic E-state index is 12.3. The third kappa shape index (κ3) is 2.12. The number of aromatic amines is 1. The van der Waals surface area contributed by atoms with Crippen LogP contribution in [0.15, 0.2) is 29.8 Å². The molecule has 0 fully saturated rings. The van der Waals surface area contributed by atoms with Crippen LogP contribution in [-0.2, 0) is 6.42 Å². The monoisotopic (exact) mass is 311 g/mol. The smallest absolute Gasteiger partial charge is 0.257 e. The van der Waals surface area contributed by atoms with E-state index in [9.17, 15) is 9.59 Å². The van der Waals surface area contributed by atoms with Crippen molar-refractivity contribution in [1.82, 2.24) is 9.97 Å². The number of fused-ring (bicyclic) bond motifs is 3. The molecule has 2 heterocycles. The third-order valence-electron chi connectivity index (χ3n) is 3.93. The molecule has 3 aromatic rings. The molecule has 0 bridgehead atoms.